The Hall–Kier alpha value is -2.91. The van der Waals surface area contributed by atoms with Gasteiger partial charge in [0.1, 0.15) is 5.56 Å². The van der Waals surface area contributed by atoms with Crippen LogP contribution in [0.25, 0.3) is 0 Å². The van der Waals surface area contributed by atoms with Crippen LogP contribution in [0.3, 0.4) is 0 Å². The third-order valence-corrected chi connectivity index (χ3v) is 4.89. The number of nitro benzene ring substituents is 1. The second-order valence-corrected chi connectivity index (χ2v) is 6.97. The maximum atomic E-state index is 12.3. The van der Waals surface area contributed by atoms with E-state index in [1.807, 2.05) is 0 Å². The van der Waals surface area contributed by atoms with Gasteiger partial charge in [0.25, 0.3) is 16.8 Å². The lowest BCUT2D eigenvalue weighted by molar-refractivity contribution is -0.385. The molecule has 0 spiro atoms. The van der Waals surface area contributed by atoms with Crippen LogP contribution in [0.2, 0.25) is 5.02 Å². The number of hydrogen-bond donors (Lipinski definition) is 1. The van der Waals surface area contributed by atoms with Gasteiger partial charge in [0.15, 0.2) is 0 Å². The number of imide groups is 1. The standard InChI is InChI=1S/C17H12ClN3O5S/c18-11-3-6-13(14(7-11)21(25)26)16(23)19-12-4-1-10(2-5-12)8-20-15(22)9-27-17(20)24/h1-7H,8-9H2,(H,19,23). The van der Waals surface area contributed by atoms with Crippen LogP contribution in [0, 0.1) is 10.1 Å². The summed E-state index contributed by atoms with van der Waals surface area (Å²) in [5, 5.41) is 13.5. The molecule has 0 radical (unpaired) electrons. The Morgan fingerprint density at radius 2 is 1.93 bits per heavy atom. The number of nitrogens with one attached hydrogen (secondary N) is 1. The molecule has 1 heterocycles. The zero-order valence-electron chi connectivity index (χ0n) is 13.7. The summed E-state index contributed by atoms with van der Waals surface area (Å²) >= 11 is 6.71. The number of amides is 3. The highest BCUT2D eigenvalue weighted by Gasteiger charge is 2.29. The van der Waals surface area contributed by atoms with Crippen molar-refractivity contribution in [1.29, 1.82) is 0 Å². The van der Waals surface area contributed by atoms with E-state index in [0.717, 1.165) is 28.3 Å². The zero-order valence-corrected chi connectivity index (χ0v) is 15.2. The van der Waals surface area contributed by atoms with Crippen LogP contribution in [0.5, 0.6) is 0 Å². The summed E-state index contributed by atoms with van der Waals surface area (Å²) in [5.74, 6) is -0.739. The number of thioether (sulfide) groups is 1. The second kappa shape index (κ2) is 7.77. The van der Waals surface area contributed by atoms with Crippen molar-refractivity contribution in [2.45, 2.75) is 6.54 Å². The van der Waals surface area contributed by atoms with Crippen molar-refractivity contribution >= 4 is 51.8 Å². The van der Waals surface area contributed by atoms with Crippen LogP contribution < -0.4 is 5.32 Å². The number of nitrogens with zero attached hydrogens (tertiary/aromatic N) is 2. The van der Waals surface area contributed by atoms with E-state index in [9.17, 15) is 24.5 Å². The van der Waals surface area contributed by atoms with E-state index in [1.54, 1.807) is 24.3 Å². The molecule has 1 N–H and O–H groups in total. The van der Waals surface area contributed by atoms with Crippen LogP contribution in [-0.2, 0) is 11.3 Å². The van der Waals surface area contributed by atoms with Crippen molar-refractivity contribution in [1.82, 2.24) is 4.90 Å². The lowest BCUT2D eigenvalue weighted by Crippen LogP contribution is -2.27. The molecule has 1 aliphatic heterocycles. The normalized spacial score (nSPS) is 13.7. The first-order valence-electron chi connectivity index (χ1n) is 7.66. The maximum Gasteiger partial charge on any atom is 0.289 e. The molecule has 138 valence electrons. The number of carbonyl (C=O) groups excluding carboxylic acids is 3. The number of anilines is 1. The monoisotopic (exact) mass is 405 g/mol. The first kappa shape index (κ1) is 18.9. The zero-order chi connectivity index (χ0) is 19.6. The molecule has 2 aromatic carbocycles. The van der Waals surface area contributed by atoms with Gasteiger partial charge in [-0.05, 0) is 29.8 Å². The number of benzene rings is 2. The fraction of sp³-hybridized carbons (Fsp3) is 0.118. The molecule has 0 aliphatic carbocycles. The summed E-state index contributed by atoms with van der Waals surface area (Å²) in [5.41, 5.74) is 0.634. The molecule has 0 saturated carbocycles. The van der Waals surface area contributed by atoms with Crippen molar-refractivity contribution in [3.05, 3.63) is 68.7 Å². The van der Waals surface area contributed by atoms with E-state index in [1.165, 1.54) is 12.1 Å². The van der Waals surface area contributed by atoms with E-state index < -0.39 is 10.8 Å². The fourth-order valence-corrected chi connectivity index (χ4v) is 3.35. The van der Waals surface area contributed by atoms with Crippen LogP contribution in [-0.4, -0.2) is 32.6 Å². The van der Waals surface area contributed by atoms with Gasteiger partial charge in [-0.2, -0.15) is 0 Å². The van der Waals surface area contributed by atoms with Crippen molar-refractivity contribution < 1.29 is 19.3 Å². The van der Waals surface area contributed by atoms with Crippen molar-refractivity contribution in [2.75, 3.05) is 11.1 Å². The summed E-state index contributed by atoms with van der Waals surface area (Å²) in [7, 11) is 0. The molecule has 0 bridgehead atoms. The molecule has 1 fully saturated rings. The third-order valence-electron chi connectivity index (χ3n) is 3.79. The predicted molar refractivity (Wildman–Crippen MR) is 101 cm³/mol. The molecule has 2 aromatic rings. The third kappa shape index (κ3) is 4.26. The first-order valence-corrected chi connectivity index (χ1v) is 9.03. The Labute approximate surface area is 162 Å². The first-order chi connectivity index (χ1) is 12.8. The molecule has 0 atom stereocenters. The van der Waals surface area contributed by atoms with Gasteiger partial charge in [0, 0.05) is 16.8 Å². The average Bonchev–Trinajstić information content (AvgIpc) is 2.95. The highest BCUT2D eigenvalue weighted by molar-refractivity contribution is 8.14. The highest BCUT2D eigenvalue weighted by atomic mass is 35.5. The Kier molecular flexibility index (Phi) is 5.43. The lowest BCUT2D eigenvalue weighted by atomic mass is 10.1. The van der Waals surface area contributed by atoms with Crippen LogP contribution in [0.4, 0.5) is 16.2 Å². The molecule has 3 amide bonds. The maximum absolute atomic E-state index is 12.3. The predicted octanol–water partition coefficient (Wildman–Crippen LogP) is 3.70. The molecule has 27 heavy (non-hydrogen) atoms. The minimum absolute atomic E-state index is 0.112. The smallest absolute Gasteiger partial charge is 0.289 e. The molecule has 10 heteroatoms. The minimum Gasteiger partial charge on any atom is -0.322 e. The number of halogens is 1. The molecular formula is C17H12ClN3O5S. The second-order valence-electron chi connectivity index (χ2n) is 5.60. The van der Waals surface area contributed by atoms with Gasteiger partial charge in [-0.3, -0.25) is 29.4 Å². The fourth-order valence-electron chi connectivity index (χ4n) is 2.46. The van der Waals surface area contributed by atoms with Crippen LogP contribution in [0.1, 0.15) is 15.9 Å². The summed E-state index contributed by atoms with van der Waals surface area (Å²) in [6.45, 7) is 0.154. The highest BCUT2D eigenvalue weighted by Crippen LogP contribution is 2.25. The van der Waals surface area contributed by atoms with Gasteiger partial charge in [0.05, 0.1) is 17.2 Å². The Morgan fingerprint density at radius 3 is 2.52 bits per heavy atom. The number of carbonyl (C=O) groups is 3. The SMILES string of the molecule is O=C(Nc1ccc(CN2C(=O)CSC2=O)cc1)c1ccc(Cl)cc1[N+](=O)[O-]. The lowest BCUT2D eigenvalue weighted by Gasteiger charge is -2.13. The molecule has 0 unspecified atom stereocenters. The van der Waals surface area contributed by atoms with Gasteiger partial charge >= 0.3 is 0 Å². The van der Waals surface area contributed by atoms with E-state index >= 15 is 0 Å². The molecule has 0 aromatic heterocycles. The topological polar surface area (TPSA) is 110 Å². The molecular weight excluding hydrogens is 394 g/mol. The molecule has 1 saturated heterocycles. The van der Waals surface area contributed by atoms with Crippen molar-refractivity contribution in [2.24, 2.45) is 0 Å². The Balaban J connectivity index is 1.72. The summed E-state index contributed by atoms with van der Waals surface area (Å²) < 4.78 is 0. The summed E-state index contributed by atoms with van der Waals surface area (Å²) in [6, 6.07) is 10.3. The van der Waals surface area contributed by atoms with Crippen LogP contribution >= 0.6 is 23.4 Å². The minimum atomic E-state index is -0.675. The largest absolute Gasteiger partial charge is 0.322 e. The van der Waals surface area contributed by atoms with E-state index in [2.05, 4.69) is 5.32 Å². The van der Waals surface area contributed by atoms with Gasteiger partial charge in [-0.15, -0.1) is 0 Å². The number of hydrogen-bond acceptors (Lipinski definition) is 6. The van der Waals surface area contributed by atoms with E-state index in [0.29, 0.717) is 5.69 Å². The molecule has 1 aliphatic rings. The Morgan fingerprint density at radius 1 is 1.22 bits per heavy atom. The van der Waals surface area contributed by atoms with E-state index in [4.69, 9.17) is 11.6 Å². The van der Waals surface area contributed by atoms with Gasteiger partial charge < -0.3 is 5.32 Å². The van der Waals surface area contributed by atoms with Crippen molar-refractivity contribution in [3.8, 4) is 0 Å². The summed E-state index contributed by atoms with van der Waals surface area (Å²) in [4.78, 5) is 47.2. The van der Waals surface area contributed by atoms with Gasteiger partial charge in [-0.1, -0.05) is 35.5 Å². The Bertz CT molecular complexity index is 932. The quantitative estimate of drug-likeness (QED) is 0.600. The average molecular weight is 406 g/mol. The number of nitro groups is 1. The summed E-state index contributed by atoms with van der Waals surface area (Å²) in [6.07, 6.45) is 0. The molecule has 8 nitrogen and oxygen atoms in total. The van der Waals surface area contributed by atoms with E-state index in [-0.39, 0.29) is 39.7 Å². The van der Waals surface area contributed by atoms with Crippen LogP contribution in [0.15, 0.2) is 42.5 Å². The van der Waals surface area contributed by atoms with Crippen molar-refractivity contribution in [3.63, 3.8) is 0 Å². The molecule has 3 rings (SSSR count). The number of rotatable bonds is 5. The van der Waals surface area contributed by atoms with Gasteiger partial charge in [0.2, 0.25) is 5.91 Å². The van der Waals surface area contributed by atoms with Gasteiger partial charge in [-0.25, -0.2) is 0 Å².